The van der Waals surface area contributed by atoms with Crippen LogP contribution in [0.3, 0.4) is 0 Å². The first-order valence-corrected chi connectivity index (χ1v) is 7.97. The summed E-state index contributed by atoms with van der Waals surface area (Å²) in [5, 5.41) is 2.93. The predicted molar refractivity (Wildman–Crippen MR) is 88.0 cm³/mol. The Morgan fingerprint density at radius 1 is 1.30 bits per heavy atom. The first kappa shape index (κ1) is 15.2. The van der Waals surface area contributed by atoms with E-state index >= 15 is 0 Å². The lowest BCUT2D eigenvalue weighted by Crippen LogP contribution is -2.39. The molecule has 2 rings (SSSR count). The number of halogens is 1. The molecule has 0 radical (unpaired) electrons. The molecule has 3 nitrogen and oxygen atoms in total. The Labute approximate surface area is 131 Å². The molecule has 0 aliphatic carbocycles. The maximum absolute atomic E-state index is 12.2. The molecule has 5 heteroatoms. The number of anilines is 1. The summed E-state index contributed by atoms with van der Waals surface area (Å²) in [6.45, 7) is 2.68. The number of carbonyl (C=O) groups excluding carboxylic acids is 1. The highest BCUT2D eigenvalue weighted by molar-refractivity contribution is 9.11. The number of para-hydroxylation sites is 1. The van der Waals surface area contributed by atoms with E-state index in [9.17, 15) is 4.79 Å². The van der Waals surface area contributed by atoms with E-state index in [0.29, 0.717) is 0 Å². The number of hydrogen-bond donors (Lipinski definition) is 1. The molecule has 0 bridgehead atoms. The first-order chi connectivity index (χ1) is 9.56. The lowest BCUT2D eigenvalue weighted by atomic mass is 10.2. The van der Waals surface area contributed by atoms with Crippen molar-refractivity contribution < 1.29 is 4.79 Å². The summed E-state index contributed by atoms with van der Waals surface area (Å²) in [6.07, 6.45) is 0. The minimum absolute atomic E-state index is 0.00863. The van der Waals surface area contributed by atoms with Gasteiger partial charge in [0.25, 0.3) is 0 Å². The fourth-order valence-corrected chi connectivity index (χ4v) is 3.33. The standard InChI is InChI=1S/C15H17BrN2OS/c1-11(15(19)17-12-6-4-3-5-7-12)18(2)10-13-8-9-14(16)20-13/h3-9,11H,10H2,1-2H3,(H,17,19)/t11-/m1/s1. The third kappa shape index (κ3) is 4.16. The fraction of sp³-hybridized carbons (Fsp3) is 0.267. The van der Waals surface area contributed by atoms with Crippen LogP contribution < -0.4 is 5.32 Å². The van der Waals surface area contributed by atoms with E-state index in [4.69, 9.17) is 0 Å². The molecule has 0 spiro atoms. The van der Waals surface area contributed by atoms with Gasteiger partial charge in [-0.05, 0) is 54.2 Å². The molecule has 0 saturated carbocycles. The van der Waals surface area contributed by atoms with Crippen LogP contribution in [0, 0.1) is 0 Å². The summed E-state index contributed by atoms with van der Waals surface area (Å²) in [6, 6.07) is 13.5. The van der Waals surface area contributed by atoms with Crippen LogP contribution in [0.1, 0.15) is 11.8 Å². The van der Waals surface area contributed by atoms with Gasteiger partial charge in [0.1, 0.15) is 0 Å². The monoisotopic (exact) mass is 352 g/mol. The second-order valence-electron chi connectivity index (χ2n) is 4.65. The summed E-state index contributed by atoms with van der Waals surface area (Å²) >= 11 is 5.15. The van der Waals surface area contributed by atoms with Gasteiger partial charge in [0.15, 0.2) is 0 Å². The number of nitrogens with one attached hydrogen (secondary N) is 1. The van der Waals surface area contributed by atoms with Gasteiger partial charge in [-0.2, -0.15) is 0 Å². The van der Waals surface area contributed by atoms with Crippen molar-refractivity contribution in [3.05, 3.63) is 51.1 Å². The van der Waals surface area contributed by atoms with Gasteiger partial charge in [0.05, 0.1) is 9.83 Å². The van der Waals surface area contributed by atoms with Crippen LogP contribution in [0.4, 0.5) is 5.69 Å². The van der Waals surface area contributed by atoms with Gasteiger partial charge in [-0.1, -0.05) is 18.2 Å². The molecule has 0 aliphatic heterocycles. The van der Waals surface area contributed by atoms with E-state index < -0.39 is 0 Å². The molecule has 1 aromatic carbocycles. The minimum Gasteiger partial charge on any atom is -0.325 e. The summed E-state index contributed by atoms with van der Waals surface area (Å²) in [7, 11) is 1.96. The Balaban J connectivity index is 1.92. The molecule has 1 atom stereocenters. The van der Waals surface area contributed by atoms with Crippen molar-refractivity contribution in [2.75, 3.05) is 12.4 Å². The van der Waals surface area contributed by atoms with E-state index in [0.717, 1.165) is 16.0 Å². The molecular formula is C15H17BrN2OS. The number of likely N-dealkylation sites (N-methyl/N-ethyl adjacent to an activating group) is 1. The third-order valence-corrected chi connectivity index (χ3v) is 4.72. The zero-order chi connectivity index (χ0) is 14.5. The van der Waals surface area contributed by atoms with Gasteiger partial charge in [0, 0.05) is 17.1 Å². The SMILES string of the molecule is C[C@H](C(=O)Nc1ccccc1)N(C)Cc1ccc(Br)s1. The normalized spacial score (nSPS) is 12.4. The highest BCUT2D eigenvalue weighted by Gasteiger charge is 2.18. The van der Waals surface area contributed by atoms with Crippen LogP contribution in [0.15, 0.2) is 46.3 Å². The van der Waals surface area contributed by atoms with Gasteiger partial charge in [0.2, 0.25) is 5.91 Å². The molecule has 20 heavy (non-hydrogen) atoms. The first-order valence-electron chi connectivity index (χ1n) is 6.36. The average molecular weight is 353 g/mol. The molecular weight excluding hydrogens is 336 g/mol. The zero-order valence-electron chi connectivity index (χ0n) is 11.5. The lowest BCUT2D eigenvalue weighted by Gasteiger charge is -2.23. The Hall–Kier alpha value is -1.17. The largest absolute Gasteiger partial charge is 0.325 e. The topological polar surface area (TPSA) is 32.3 Å². The molecule has 2 aromatic rings. The van der Waals surface area contributed by atoms with Crippen molar-refractivity contribution in [2.24, 2.45) is 0 Å². The Morgan fingerprint density at radius 3 is 2.60 bits per heavy atom. The molecule has 1 heterocycles. The Kier molecular flexibility index (Phi) is 5.34. The van der Waals surface area contributed by atoms with Crippen molar-refractivity contribution >= 4 is 38.9 Å². The average Bonchev–Trinajstić information content (AvgIpc) is 2.84. The van der Waals surface area contributed by atoms with Gasteiger partial charge >= 0.3 is 0 Å². The van der Waals surface area contributed by atoms with Crippen LogP contribution in [0.5, 0.6) is 0 Å². The maximum atomic E-state index is 12.2. The van der Waals surface area contributed by atoms with Crippen molar-refractivity contribution in [1.82, 2.24) is 4.90 Å². The Morgan fingerprint density at radius 2 is 2.00 bits per heavy atom. The minimum atomic E-state index is -0.184. The number of carbonyl (C=O) groups is 1. The number of thiophene rings is 1. The summed E-state index contributed by atoms with van der Waals surface area (Å²) in [5.41, 5.74) is 0.830. The maximum Gasteiger partial charge on any atom is 0.241 e. The van der Waals surface area contributed by atoms with Crippen LogP contribution in [-0.4, -0.2) is 23.9 Å². The van der Waals surface area contributed by atoms with E-state index in [2.05, 4.69) is 27.3 Å². The highest BCUT2D eigenvalue weighted by Crippen LogP contribution is 2.23. The quantitative estimate of drug-likeness (QED) is 0.882. The summed E-state index contributed by atoms with van der Waals surface area (Å²) < 4.78 is 1.11. The number of amides is 1. The summed E-state index contributed by atoms with van der Waals surface area (Å²) in [5.74, 6) is 0.00863. The van der Waals surface area contributed by atoms with Crippen molar-refractivity contribution in [3.63, 3.8) is 0 Å². The molecule has 1 N–H and O–H groups in total. The highest BCUT2D eigenvalue weighted by atomic mass is 79.9. The van der Waals surface area contributed by atoms with Gasteiger partial charge in [-0.25, -0.2) is 0 Å². The van der Waals surface area contributed by atoms with Crippen LogP contribution in [0.25, 0.3) is 0 Å². The van der Waals surface area contributed by atoms with Crippen LogP contribution in [-0.2, 0) is 11.3 Å². The molecule has 1 amide bonds. The molecule has 106 valence electrons. The van der Waals surface area contributed by atoms with E-state index in [1.807, 2.05) is 55.3 Å². The molecule has 0 fully saturated rings. The number of benzene rings is 1. The molecule has 0 unspecified atom stereocenters. The Bertz CT molecular complexity index is 570. The zero-order valence-corrected chi connectivity index (χ0v) is 13.9. The fourth-order valence-electron chi connectivity index (χ4n) is 1.79. The molecule has 1 aromatic heterocycles. The van der Waals surface area contributed by atoms with E-state index in [-0.39, 0.29) is 11.9 Å². The third-order valence-electron chi connectivity index (χ3n) is 3.12. The number of hydrogen-bond acceptors (Lipinski definition) is 3. The van der Waals surface area contributed by atoms with E-state index in [1.54, 1.807) is 11.3 Å². The van der Waals surface area contributed by atoms with Crippen LogP contribution in [0.2, 0.25) is 0 Å². The second kappa shape index (κ2) is 7.02. The predicted octanol–water partition coefficient (Wildman–Crippen LogP) is 3.97. The van der Waals surface area contributed by atoms with E-state index in [1.165, 1.54) is 4.88 Å². The number of rotatable bonds is 5. The van der Waals surface area contributed by atoms with Gasteiger partial charge in [-0.15, -0.1) is 11.3 Å². The lowest BCUT2D eigenvalue weighted by molar-refractivity contribution is -0.120. The van der Waals surface area contributed by atoms with Gasteiger partial charge < -0.3 is 5.32 Å². The van der Waals surface area contributed by atoms with Gasteiger partial charge in [-0.3, -0.25) is 9.69 Å². The molecule has 0 aliphatic rings. The van der Waals surface area contributed by atoms with Crippen LogP contribution >= 0.6 is 27.3 Å². The van der Waals surface area contributed by atoms with Crippen molar-refractivity contribution in [2.45, 2.75) is 19.5 Å². The van der Waals surface area contributed by atoms with Crippen molar-refractivity contribution in [3.8, 4) is 0 Å². The summed E-state index contributed by atoms with van der Waals surface area (Å²) in [4.78, 5) is 15.5. The van der Waals surface area contributed by atoms with Crippen molar-refractivity contribution in [1.29, 1.82) is 0 Å². The molecule has 0 saturated heterocycles. The number of nitrogens with zero attached hydrogens (tertiary/aromatic N) is 1. The smallest absolute Gasteiger partial charge is 0.241 e. The second-order valence-corrected chi connectivity index (χ2v) is 7.20.